The number of carbonyl (C=O) groups excluding carboxylic acids is 3. The number of nitrogens with two attached hydrogens (primary N) is 1. The molecule has 0 saturated carbocycles. The van der Waals surface area contributed by atoms with Crippen LogP contribution in [-0.2, 0) is 14.3 Å². The SMILES string of the molecule is CCOC(=O)C1=C(CN2CCN3C(=O)N(CC(C)(C)C(N)=O)C[C@@H]3C2)NC(c2nccs2)=N[C@H]1c1cccc(F)c1Cl. The zero-order valence-electron chi connectivity index (χ0n) is 23.6. The quantitative estimate of drug-likeness (QED) is 0.413. The van der Waals surface area contributed by atoms with E-state index in [1.807, 2.05) is 10.3 Å². The Morgan fingerprint density at radius 1 is 1.29 bits per heavy atom. The lowest BCUT2D eigenvalue weighted by atomic mass is 9.92. The van der Waals surface area contributed by atoms with Gasteiger partial charge >= 0.3 is 12.0 Å². The molecule has 3 aliphatic heterocycles. The van der Waals surface area contributed by atoms with E-state index in [1.54, 1.807) is 37.9 Å². The Kier molecular flexibility index (Phi) is 8.53. The van der Waals surface area contributed by atoms with Crippen LogP contribution in [0.1, 0.15) is 37.4 Å². The molecule has 1 aromatic heterocycles. The number of piperazine rings is 1. The number of thiazole rings is 1. The van der Waals surface area contributed by atoms with E-state index in [1.165, 1.54) is 23.5 Å². The van der Waals surface area contributed by atoms with Crippen molar-refractivity contribution in [3.05, 3.63) is 62.5 Å². The highest BCUT2D eigenvalue weighted by atomic mass is 35.5. The summed E-state index contributed by atoms with van der Waals surface area (Å²) in [5.74, 6) is -1.22. The number of nitrogens with zero attached hydrogens (tertiary/aromatic N) is 5. The average Bonchev–Trinajstić information content (AvgIpc) is 3.58. The molecule has 0 unspecified atom stereocenters. The first-order valence-corrected chi connectivity index (χ1v) is 14.9. The van der Waals surface area contributed by atoms with Crippen molar-refractivity contribution in [2.45, 2.75) is 32.9 Å². The van der Waals surface area contributed by atoms with Crippen molar-refractivity contribution in [2.24, 2.45) is 16.1 Å². The first-order valence-electron chi connectivity index (χ1n) is 13.7. The topological polar surface area (TPSA) is 133 Å². The molecule has 3 amide bonds. The van der Waals surface area contributed by atoms with Crippen molar-refractivity contribution in [3.8, 4) is 0 Å². The summed E-state index contributed by atoms with van der Waals surface area (Å²) in [7, 11) is 0. The number of urea groups is 1. The number of amides is 3. The molecule has 4 heterocycles. The van der Waals surface area contributed by atoms with Crippen LogP contribution in [0.2, 0.25) is 5.02 Å². The first kappa shape index (κ1) is 29.9. The van der Waals surface area contributed by atoms with Gasteiger partial charge in [-0.15, -0.1) is 11.3 Å². The molecule has 2 saturated heterocycles. The summed E-state index contributed by atoms with van der Waals surface area (Å²) in [6, 6.07) is 3.28. The van der Waals surface area contributed by atoms with E-state index in [0.717, 1.165) is 0 Å². The molecular weight excluding hydrogens is 585 g/mol. The minimum Gasteiger partial charge on any atom is -0.463 e. The van der Waals surface area contributed by atoms with Gasteiger partial charge in [0.1, 0.15) is 11.9 Å². The highest BCUT2D eigenvalue weighted by Crippen LogP contribution is 2.38. The number of aromatic nitrogens is 1. The van der Waals surface area contributed by atoms with Gasteiger partial charge in [0.25, 0.3) is 0 Å². The van der Waals surface area contributed by atoms with Crippen LogP contribution in [0.3, 0.4) is 0 Å². The number of esters is 1. The van der Waals surface area contributed by atoms with E-state index in [9.17, 15) is 18.8 Å². The van der Waals surface area contributed by atoms with Crippen LogP contribution in [0.15, 0.2) is 46.0 Å². The number of amidine groups is 1. The number of rotatable bonds is 9. The summed E-state index contributed by atoms with van der Waals surface area (Å²) >= 11 is 7.78. The van der Waals surface area contributed by atoms with E-state index in [-0.39, 0.29) is 35.8 Å². The maximum atomic E-state index is 14.6. The molecule has 224 valence electrons. The maximum Gasteiger partial charge on any atom is 0.338 e. The summed E-state index contributed by atoms with van der Waals surface area (Å²) < 4.78 is 20.0. The lowest BCUT2D eigenvalue weighted by molar-refractivity contribution is -0.139. The van der Waals surface area contributed by atoms with Crippen LogP contribution in [0, 0.1) is 11.2 Å². The van der Waals surface area contributed by atoms with Crippen molar-refractivity contribution in [3.63, 3.8) is 0 Å². The van der Waals surface area contributed by atoms with Gasteiger partial charge in [-0.05, 0) is 26.8 Å². The lowest BCUT2D eigenvalue weighted by Crippen LogP contribution is -2.53. The van der Waals surface area contributed by atoms with Crippen molar-refractivity contribution in [1.82, 2.24) is 25.0 Å². The Bertz CT molecular complexity index is 1450. The van der Waals surface area contributed by atoms with Crippen LogP contribution in [0.5, 0.6) is 0 Å². The van der Waals surface area contributed by atoms with E-state index >= 15 is 0 Å². The predicted octanol–water partition coefficient (Wildman–Crippen LogP) is 2.78. The lowest BCUT2D eigenvalue weighted by Gasteiger charge is -2.38. The summed E-state index contributed by atoms with van der Waals surface area (Å²) in [5, 5.41) is 5.60. The molecule has 2 atom stereocenters. The standard InChI is InChI=1S/C28H33ClFN7O4S/c1-4-41-25(38)20-19(14-35-9-10-37-16(12-35)13-36(27(37)40)15-28(2,3)26(31)39)33-23(24-32-8-11-42-24)34-22(20)17-6-5-7-18(30)21(17)29/h5-8,11,16,22H,4,9-10,12-15H2,1-3H3,(H2,31,39)(H,33,34)/t16-,22-/m0/s1. The number of primary amides is 1. The van der Waals surface area contributed by atoms with E-state index in [2.05, 4.69) is 15.2 Å². The molecule has 3 N–H and O–H groups in total. The third-order valence-corrected chi connectivity index (χ3v) is 8.86. The van der Waals surface area contributed by atoms with Crippen LogP contribution >= 0.6 is 22.9 Å². The second kappa shape index (κ2) is 12.0. The van der Waals surface area contributed by atoms with Crippen molar-refractivity contribution in [2.75, 3.05) is 45.9 Å². The molecule has 11 nitrogen and oxygen atoms in total. The zero-order valence-corrected chi connectivity index (χ0v) is 25.2. The molecule has 14 heteroatoms. The molecular formula is C28H33ClFN7O4S. The average molecular weight is 618 g/mol. The van der Waals surface area contributed by atoms with Gasteiger partial charge in [-0.2, -0.15) is 0 Å². The monoisotopic (exact) mass is 617 g/mol. The van der Waals surface area contributed by atoms with E-state index < -0.39 is 29.2 Å². The predicted molar refractivity (Wildman–Crippen MR) is 156 cm³/mol. The summed E-state index contributed by atoms with van der Waals surface area (Å²) in [4.78, 5) is 53.2. The normalized spacial score (nSPS) is 21.3. The molecule has 0 radical (unpaired) electrons. The van der Waals surface area contributed by atoms with Gasteiger partial charge in [0.15, 0.2) is 10.8 Å². The second-order valence-corrected chi connectivity index (χ2v) is 12.4. The highest BCUT2D eigenvalue weighted by molar-refractivity contribution is 7.11. The van der Waals surface area contributed by atoms with Crippen LogP contribution in [0.4, 0.5) is 9.18 Å². The Balaban J connectivity index is 1.45. The minimum absolute atomic E-state index is 0.106. The van der Waals surface area contributed by atoms with E-state index in [4.69, 9.17) is 27.1 Å². The highest BCUT2D eigenvalue weighted by Gasteiger charge is 2.44. The Labute approximate surface area is 252 Å². The van der Waals surface area contributed by atoms with Crippen molar-refractivity contribution < 1.29 is 23.5 Å². The van der Waals surface area contributed by atoms with Gasteiger partial charge in [0.05, 0.1) is 28.7 Å². The van der Waals surface area contributed by atoms with Crippen LogP contribution in [0.25, 0.3) is 0 Å². The summed E-state index contributed by atoms with van der Waals surface area (Å²) in [5.41, 5.74) is 5.82. The molecule has 1 aromatic carbocycles. The number of fused-ring (bicyclic) bond motifs is 1. The number of hydrogen-bond donors (Lipinski definition) is 2. The molecule has 2 aromatic rings. The first-order chi connectivity index (χ1) is 20.0. The number of hydrogen-bond acceptors (Lipinski definition) is 9. The Morgan fingerprint density at radius 3 is 2.76 bits per heavy atom. The maximum absolute atomic E-state index is 14.6. The molecule has 0 bridgehead atoms. The van der Waals surface area contributed by atoms with E-state index in [0.29, 0.717) is 54.8 Å². The molecule has 2 fully saturated rings. The zero-order chi connectivity index (χ0) is 30.2. The van der Waals surface area contributed by atoms with Gasteiger partial charge in [0, 0.05) is 62.1 Å². The van der Waals surface area contributed by atoms with Crippen LogP contribution < -0.4 is 11.1 Å². The number of nitrogens with one attached hydrogen (secondary N) is 1. The Hall–Kier alpha value is -3.55. The second-order valence-electron chi connectivity index (χ2n) is 11.1. The number of aliphatic imine (C=N–C) groups is 1. The third-order valence-electron chi connectivity index (χ3n) is 7.68. The van der Waals surface area contributed by atoms with Crippen molar-refractivity contribution >= 4 is 46.7 Å². The van der Waals surface area contributed by atoms with Gasteiger partial charge in [-0.25, -0.2) is 19.0 Å². The molecule has 0 spiro atoms. The van der Waals surface area contributed by atoms with Crippen molar-refractivity contribution in [1.29, 1.82) is 0 Å². The Morgan fingerprint density at radius 2 is 2.07 bits per heavy atom. The van der Waals surface area contributed by atoms with Gasteiger partial charge in [0.2, 0.25) is 5.91 Å². The summed E-state index contributed by atoms with van der Waals surface area (Å²) in [6.45, 7) is 7.88. The largest absolute Gasteiger partial charge is 0.463 e. The molecule has 0 aliphatic carbocycles. The third kappa shape index (κ3) is 5.86. The van der Waals surface area contributed by atoms with Gasteiger partial charge in [-0.1, -0.05) is 23.7 Å². The molecule has 3 aliphatic rings. The fraction of sp³-hybridized carbons (Fsp3) is 0.464. The number of halogens is 2. The smallest absolute Gasteiger partial charge is 0.338 e. The number of benzene rings is 1. The number of carbonyl (C=O) groups is 3. The number of ether oxygens (including phenoxy) is 1. The molecule has 42 heavy (non-hydrogen) atoms. The molecule has 5 rings (SSSR count). The fourth-order valence-electron chi connectivity index (χ4n) is 5.47. The summed E-state index contributed by atoms with van der Waals surface area (Å²) in [6.07, 6.45) is 1.65. The minimum atomic E-state index is -0.928. The fourth-order valence-corrected chi connectivity index (χ4v) is 6.29. The van der Waals surface area contributed by atoms with Gasteiger partial charge in [-0.3, -0.25) is 14.7 Å². The van der Waals surface area contributed by atoms with Gasteiger partial charge < -0.3 is 25.6 Å². The van der Waals surface area contributed by atoms with Crippen LogP contribution in [-0.4, -0.2) is 95.3 Å².